The Labute approximate surface area is 173 Å². The Bertz CT molecular complexity index is 1250. The second kappa shape index (κ2) is 7.16. The first-order valence-electron chi connectivity index (χ1n) is 10.1. The van der Waals surface area contributed by atoms with E-state index in [4.69, 9.17) is 15.5 Å². The van der Waals surface area contributed by atoms with Gasteiger partial charge >= 0.3 is 5.97 Å². The highest BCUT2D eigenvalue weighted by Gasteiger charge is 2.26. The number of thiophene rings is 1. The monoisotopic (exact) mass is 402 g/mol. The maximum absolute atomic E-state index is 12.5. The summed E-state index contributed by atoms with van der Waals surface area (Å²) < 4.78 is 5.24. The highest BCUT2D eigenvalue weighted by Crippen LogP contribution is 2.45. The molecule has 0 saturated carbocycles. The van der Waals surface area contributed by atoms with Crippen molar-refractivity contribution < 1.29 is 9.53 Å². The quantitative estimate of drug-likeness (QED) is 0.443. The zero-order valence-electron chi connectivity index (χ0n) is 16.3. The zero-order chi connectivity index (χ0) is 20.0. The van der Waals surface area contributed by atoms with E-state index in [-0.39, 0.29) is 5.97 Å². The molecule has 5 rings (SSSR count). The maximum Gasteiger partial charge on any atom is 0.350 e. The van der Waals surface area contributed by atoms with Crippen molar-refractivity contribution >= 4 is 44.0 Å². The van der Waals surface area contributed by atoms with Crippen molar-refractivity contribution in [1.82, 2.24) is 4.98 Å². The van der Waals surface area contributed by atoms with E-state index in [1.54, 1.807) is 6.92 Å². The molecule has 0 atom stereocenters. The number of nitrogens with zero attached hydrogens (tertiary/aromatic N) is 1. The van der Waals surface area contributed by atoms with Crippen molar-refractivity contribution in [1.29, 1.82) is 0 Å². The smallest absolute Gasteiger partial charge is 0.350 e. The number of aryl methyl sites for hydroxylation is 1. The van der Waals surface area contributed by atoms with E-state index < -0.39 is 0 Å². The number of nitrogens with two attached hydrogens (primary N) is 1. The zero-order valence-corrected chi connectivity index (χ0v) is 17.1. The summed E-state index contributed by atoms with van der Waals surface area (Å²) in [6.07, 6.45) is 4.25. The molecule has 5 heteroatoms. The number of benzene rings is 2. The average molecular weight is 403 g/mol. The summed E-state index contributed by atoms with van der Waals surface area (Å²) in [7, 11) is 0. The first kappa shape index (κ1) is 18.1. The lowest BCUT2D eigenvalue weighted by Gasteiger charge is -2.21. The molecule has 2 aromatic carbocycles. The van der Waals surface area contributed by atoms with Crippen molar-refractivity contribution in [3.05, 3.63) is 58.6 Å². The third-order valence-electron chi connectivity index (χ3n) is 5.67. The second-order valence-corrected chi connectivity index (χ2v) is 8.39. The maximum atomic E-state index is 12.5. The van der Waals surface area contributed by atoms with Crippen molar-refractivity contribution in [2.45, 2.75) is 32.6 Å². The Morgan fingerprint density at radius 1 is 1.14 bits per heavy atom. The van der Waals surface area contributed by atoms with Crippen LogP contribution in [0.5, 0.6) is 0 Å². The fourth-order valence-corrected chi connectivity index (χ4v) is 5.41. The van der Waals surface area contributed by atoms with Gasteiger partial charge in [-0.15, -0.1) is 11.3 Å². The van der Waals surface area contributed by atoms with Gasteiger partial charge in [0.2, 0.25) is 0 Å². The van der Waals surface area contributed by atoms with Crippen LogP contribution in [0.15, 0.2) is 42.5 Å². The van der Waals surface area contributed by atoms with E-state index in [2.05, 4.69) is 42.5 Å². The van der Waals surface area contributed by atoms with Gasteiger partial charge in [-0.05, 0) is 60.1 Å². The number of anilines is 1. The van der Waals surface area contributed by atoms with Gasteiger partial charge in [-0.2, -0.15) is 0 Å². The standard InChI is InChI=1S/C24H22N2O2S/c1-2-28-24(27)22-21(25)20-19(16-12-7-9-14-8-3-4-10-15(14)16)17-11-5-6-13-18(17)26-23(20)29-22/h3-4,7-10,12H,2,5-6,11,13,25H2,1H3. The van der Waals surface area contributed by atoms with Crippen molar-refractivity contribution in [2.75, 3.05) is 12.3 Å². The predicted molar refractivity (Wildman–Crippen MR) is 120 cm³/mol. The SMILES string of the molecule is CCOC(=O)c1sc2nc3c(c(-c4cccc5ccccc45)c2c1N)CCCC3. The van der Waals surface area contributed by atoms with Crippen LogP contribution in [0.25, 0.3) is 32.1 Å². The van der Waals surface area contributed by atoms with Gasteiger partial charge in [0.05, 0.1) is 12.3 Å². The summed E-state index contributed by atoms with van der Waals surface area (Å²) in [5.74, 6) is -0.366. The number of hydrogen-bond acceptors (Lipinski definition) is 5. The average Bonchev–Trinajstić information content (AvgIpc) is 3.08. The molecular formula is C24H22N2O2S. The Hall–Kier alpha value is -2.92. The van der Waals surface area contributed by atoms with E-state index in [0.29, 0.717) is 17.2 Å². The van der Waals surface area contributed by atoms with Gasteiger partial charge in [0, 0.05) is 11.1 Å². The molecule has 0 unspecified atom stereocenters. The number of carbonyl (C=O) groups is 1. The molecule has 2 aromatic heterocycles. The lowest BCUT2D eigenvalue weighted by Crippen LogP contribution is -2.08. The minimum Gasteiger partial charge on any atom is -0.462 e. The summed E-state index contributed by atoms with van der Waals surface area (Å²) in [6, 6.07) is 14.8. The molecule has 1 aliphatic rings. The van der Waals surface area contributed by atoms with Crippen LogP contribution < -0.4 is 5.73 Å². The van der Waals surface area contributed by atoms with Crippen LogP contribution in [-0.4, -0.2) is 17.6 Å². The lowest BCUT2D eigenvalue weighted by molar-refractivity contribution is 0.0533. The van der Waals surface area contributed by atoms with Crippen LogP contribution in [0.1, 0.15) is 40.7 Å². The molecule has 0 amide bonds. The van der Waals surface area contributed by atoms with E-state index in [0.717, 1.165) is 52.7 Å². The first-order valence-corrected chi connectivity index (χ1v) is 10.9. The Kier molecular flexibility index (Phi) is 4.47. The van der Waals surface area contributed by atoms with Crippen LogP contribution >= 0.6 is 11.3 Å². The summed E-state index contributed by atoms with van der Waals surface area (Å²) in [4.78, 5) is 18.7. The number of hydrogen-bond donors (Lipinski definition) is 1. The number of pyridine rings is 1. The molecule has 0 radical (unpaired) electrons. The van der Waals surface area contributed by atoms with Gasteiger partial charge in [0.1, 0.15) is 9.71 Å². The van der Waals surface area contributed by atoms with Gasteiger partial charge in [-0.3, -0.25) is 0 Å². The number of esters is 1. The number of ether oxygens (including phenoxy) is 1. The molecule has 0 fully saturated rings. The largest absolute Gasteiger partial charge is 0.462 e. The molecular weight excluding hydrogens is 380 g/mol. The van der Waals surface area contributed by atoms with E-state index in [1.165, 1.54) is 27.7 Å². The van der Waals surface area contributed by atoms with Crippen LogP contribution in [-0.2, 0) is 17.6 Å². The van der Waals surface area contributed by atoms with Crippen LogP contribution in [0.4, 0.5) is 5.69 Å². The summed E-state index contributed by atoms with van der Waals surface area (Å²) in [6.45, 7) is 2.13. The lowest BCUT2D eigenvalue weighted by atomic mass is 9.86. The Morgan fingerprint density at radius 2 is 1.93 bits per heavy atom. The van der Waals surface area contributed by atoms with Crippen molar-refractivity contribution in [3.8, 4) is 11.1 Å². The number of rotatable bonds is 3. The molecule has 0 spiro atoms. The molecule has 2 heterocycles. The van der Waals surface area contributed by atoms with E-state index >= 15 is 0 Å². The predicted octanol–water partition coefficient (Wildman–Crippen LogP) is 5.75. The van der Waals surface area contributed by atoms with Gasteiger partial charge in [0.15, 0.2) is 0 Å². The van der Waals surface area contributed by atoms with Gasteiger partial charge in [0.25, 0.3) is 0 Å². The molecule has 29 heavy (non-hydrogen) atoms. The second-order valence-electron chi connectivity index (χ2n) is 7.39. The number of fused-ring (bicyclic) bond motifs is 3. The summed E-state index contributed by atoms with van der Waals surface area (Å²) in [5, 5.41) is 3.28. The van der Waals surface area contributed by atoms with Gasteiger partial charge in [-0.25, -0.2) is 9.78 Å². The normalized spacial score (nSPS) is 13.6. The van der Waals surface area contributed by atoms with Gasteiger partial charge in [-0.1, -0.05) is 42.5 Å². The van der Waals surface area contributed by atoms with Crippen molar-refractivity contribution in [3.63, 3.8) is 0 Å². The minimum absolute atomic E-state index is 0.326. The molecule has 1 aliphatic carbocycles. The third-order valence-corrected chi connectivity index (χ3v) is 6.75. The number of nitrogen functional groups attached to an aromatic ring is 1. The molecule has 146 valence electrons. The molecule has 0 bridgehead atoms. The Balaban J connectivity index is 1.89. The van der Waals surface area contributed by atoms with Crippen LogP contribution in [0.3, 0.4) is 0 Å². The topological polar surface area (TPSA) is 65.2 Å². The molecule has 4 nitrogen and oxygen atoms in total. The third kappa shape index (κ3) is 2.88. The number of carbonyl (C=O) groups excluding carboxylic acids is 1. The van der Waals surface area contributed by atoms with Crippen LogP contribution in [0.2, 0.25) is 0 Å². The molecule has 4 aromatic rings. The fourth-order valence-electron chi connectivity index (χ4n) is 4.40. The highest BCUT2D eigenvalue weighted by molar-refractivity contribution is 7.21. The highest BCUT2D eigenvalue weighted by atomic mass is 32.1. The molecule has 0 saturated heterocycles. The van der Waals surface area contributed by atoms with Gasteiger partial charge < -0.3 is 10.5 Å². The van der Waals surface area contributed by atoms with E-state index in [1.807, 2.05) is 0 Å². The minimum atomic E-state index is -0.366. The summed E-state index contributed by atoms with van der Waals surface area (Å²) >= 11 is 1.35. The van der Waals surface area contributed by atoms with E-state index in [9.17, 15) is 4.79 Å². The first-order chi connectivity index (χ1) is 14.2. The van der Waals surface area contributed by atoms with Crippen molar-refractivity contribution in [2.24, 2.45) is 0 Å². The fraction of sp³-hybridized carbons (Fsp3) is 0.250. The molecule has 2 N–H and O–H groups in total. The summed E-state index contributed by atoms with van der Waals surface area (Å²) in [5.41, 5.74) is 11.8. The number of aromatic nitrogens is 1. The van der Waals surface area contributed by atoms with Crippen LogP contribution in [0, 0.1) is 0 Å². The Morgan fingerprint density at radius 3 is 2.79 bits per heavy atom. The molecule has 0 aliphatic heterocycles.